The first-order chi connectivity index (χ1) is 19.9. The van der Waals surface area contributed by atoms with Crippen molar-refractivity contribution in [3.63, 3.8) is 0 Å². The van der Waals surface area contributed by atoms with Gasteiger partial charge in [-0.2, -0.15) is 17.5 Å². The molecule has 2 N–H and O–H groups in total. The van der Waals surface area contributed by atoms with Gasteiger partial charge < -0.3 is 9.73 Å². The van der Waals surface area contributed by atoms with E-state index in [1.807, 2.05) is 12.1 Å². The van der Waals surface area contributed by atoms with Crippen LogP contribution in [0.4, 0.5) is 23.2 Å². The van der Waals surface area contributed by atoms with E-state index in [1.165, 1.54) is 6.07 Å². The van der Waals surface area contributed by atoms with Crippen LogP contribution in [0.3, 0.4) is 0 Å². The fourth-order valence-electron chi connectivity index (χ4n) is 4.59. The molecule has 13 heteroatoms. The molecule has 0 unspecified atom stereocenters. The molecule has 2 heterocycles. The number of anilines is 1. The molecule has 0 spiro atoms. The van der Waals surface area contributed by atoms with Gasteiger partial charge in [-0.25, -0.2) is 9.18 Å². The minimum absolute atomic E-state index is 0.0848. The Kier molecular flexibility index (Phi) is 8.02. The summed E-state index contributed by atoms with van der Waals surface area (Å²) in [6.45, 7) is 1.75. The van der Waals surface area contributed by atoms with Crippen molar-refractivity contribution in [2.45, 2.75) is 32.4 Å². The van der Waals surface area contributed by atoms with Crippen molar-refractivity contribution in [1.29, 1.82) is 0 Å². The molecule has 0 atom stereocenters. The number of carbonyl (C=O) groups excluding carboxylic acids is 1. The summed E-state index contributed by atoms with van der Waals surface area (Å²) in [5.41, 5.74) is -0.380. The van der Waals surface area contributed by atoms with E-state index in [4.69, 9.17) is 16.0 Å². The second kappa shape index (κ2) is 11.5. The number of halogens is 5. The Balaban J connectivity index is 1.57. The van der Waals surface area contributed by atoms with Crippen molar-refractivity contribution < 1.29 is 26.8 Å². The first-order valence-electron chi connectivity index (χ1n) is 12.5. The molecule has 7 nitrogen and oxygen atoms in total. The summed E-state index contributed by atoms with van der Waals surface area (Å²) in [6, 6.07) is 12.2. The van der Waals surface area contributed by atoms with Gasteiger partial charge in [0.15, 0.2) is 0 Å². The molecule has 5 aromatic rings. The third kappa shape index (κ3) is 6.29. The molecule has 0 saturated heterocycles. The van der Waals surface area contributed by atoms with E-state index in [9.17, 15) is 31.9 Å². The molecular formula is C29H20ClF4N3O4S. The molecule has 0 aliphatic rings. The van der Waals surface area contributed by atoms with Crippen molar-refractivity contribution in [2.24, 2.45) is 0 Å². The Bertz CT molecular complexity index is 1950. The van der Waals surface area contributed by atoms with Crippen LogP contribution in [0.1, 0.15) is 28.1 Å². The molecule has 2 aromatic heterocycles. The number of nitrogens with zero attached hydrogens (tertiary/aromatic N) is 1. The van der Waals surface area contributed by atoms with Crippen LogP contribution < -0.4 is 15.8 Å². The van der Waals surface area contributed by atoms with E-state index < -0.39 is 41.2 Å². The van der Waals surface area contributed by atoms with E-state index in [-0.39, 0.29) is 22.1 Å². The number of benzene rings is 3. The molecule has 0 aliphatic heterocycles. The lowest BCUT2D eigenvalue weighted by Crippen LogP contribution is -2.22. The number of aromatic nitrogens is 2. The molecular weight excluding hydrogens is 598 g/mol. The minimum Gasteiger partial charge on any atom is -0.422 e. The first-order valence-corrected chi connectivity index (χ1v) is 13.6. The molecule has 0 saturated carbocycles. The third-order valence-electron chi connectivity index (χ3n) is 6.53. The van der Waals surface area contributed by atoms with Crippen molar-refractivity contribution in [3.8, 4) is 11.1 Å². The summed E-state index contributed by atoms with van der Waals surface area (Å²) in [6.07, 6.45) is -4.61. The van der Waals surface area contributed by atoms with Gasteiger partial charge in [0.25, 0.3) is 0 Å². The van der Waals surface area contributed by atoms with Crippen LogP contribution in [0, 0.1) is 12.7 Å². The molecule has 42 heavy (non-hydrogen) atoms. The van der Waals surface area contributed by atoms with Crippen LogP contribution in [0.15, 0.2) is 68.6 Å². The number of hydrogen-bond acceptors (Lipinski definition) is 6. The quantitative estimate of drug-likeness (QED) is 0.156. The summed E-state index contributed by atoms with van der Waals surface area (Å²) in [4.78, 5) is 40.1. The summed E-state index contributed by atoms with van der Waals surface area (Å²) in [7, 11) is 0. The van der Waals surface area contributed by atoms with Gasteiger partial charge in [0, 0.05) is 40.0 Å². The highest BCUT2D eigenvalue weighted by molar-refractivity contribution is 7.02. The number of fused-ring (bicyclic) bond motifs is 1. The standard InChI is InChI=1S/C29H20ClF4N3O4S/c1-14-9-18-23(13-21(14)30)41-27(39)19(12-25(38)35-22-7-6-17(31)11-20(22)29(32,33)34)26(18)16-4-2-3-15(10-16)5-8-24-36-28(40)42-37-24/h2-4,6-7,9-11,13H,5,8,12H2,1H3,(H,35,38)(H,36,37,40). The van der Waals surface area contributed by atoms with Crippen LogP contribution in [-0.4, -0.2) is 15.3 Å². The molecule has 0 fully saturated rings. The van der Waals surface area contributed by atoms with Crippen molar-refractivity contribution in [1.82, 2.24) is 9.36 Å². The lowest BCUT2D eigenvalue weighted by atomic mass is 9.92. The van der Waals surface area contributed by atoms with Crippen LogP contribution >= 0.6 is 23.1 Å². The smallest absolute Gasteiger partial charge is 0.418 e. The Labute approximate surface area is 243 Å². The minimum atomic E-state index is -4.93. The third-order valence-corrected chi connectivity index (χ3v) is 7.52. The maximum absolute atomic E-state index is 13.6. The van der Waals surface area contributed by atoms with Gasteiger partial charge in [-0.15, -0.1) is 0 Å². The molecule has 216 valence electrons. The van der Waals surface area contributed by atoms with Gasteiger partial charge in [-0.1, -0.05) is 35.9 Å². The number of alkyl halides is 3. The summed E-state index contributed by atoms with van der Waals surface area (Å²) in [5, 5.41) is 2.98. The maximum atomic E-state index is 13.6. The van der Waals surface area contributed by atoms with Gasteiger partial charge in [-0.3, -0.25) is 14.6 Å². The Morgan fingerprint density at radius 1 is 1.10 bits per heavy atom. The molecule has 5 rings (SSSR count). The molecule has 3 aromatic carbocycles. The Morgan fingerprint density at radius 3 is 2.60 bits per heavy atom. The van der Waals surface area contributed by atoms with Gasteiger partial charge in [0.1, 0.15) is 17.2 Å². The van der Waals surface area contributed by atoms with E-state index in [0.717, 1.165) is 29.2 Å². The fraction of sp³-hybridized carbons (Fsp3) is 0.172. The Morgan fingerprint density at radius 2 is 1.88 bits per heavy atom. The van der Waals surface area contributed by atoms with E-state index in [1.54, 1.807) is 25.1 Å². The predicted molar refractivity (Wildman–Crippen MR) is 152 cm³/mol. The number of rotatable bonds is 7. The SMILES string of the molecule is Cc1cc2c(-c3cccc(CCc4nsc(=O)[nH]4)c3)c(CC(=O)Nc3ccc(F)cc3C(F)(F)F)c(=O)oc2cc1Cl. The lowest BCUT2D eigenvalue weighted by molar-refractivity contribution is -0.137. The van der Waals surface area contributed by atoms with Crippen LogP contribution in [0.5, 0.6) is 0 Å². The highest BCUT2D eigenvalue weighted by atomic mass is 35.5. The van der Waals surface area contributed by atoms with E-state index >= 15 is 0 Å². The molecule has 0 bridgehead atoms. The van der Waals surface area contributed by atoms with Crippen LogP contribution in [0.2, 0.25) is 5.02 Å². The highest BCUT2D eigenvalue weighted by Gasteiger charge is 2.34. The zero-order valence-corrected chi connectivity index (χ0v) is 23.3. The first kappa shape index (κ1) is 29.2. The van der Waals surface area contributed by atoms with Gasteiger partial charge in [0.05, 0.1) is 23.2 Å². The second-order valence-corrected chi connectivity index (χ2v) is 10.6. The number of H-pyrrole nitrogens is 1. The predicted octanol–water partition coefficient (Wildman–Crippen LogP) is 6.69. The Hall–Kier alpha value is -4.29. The van der Waals surface area contributed by atoms with Gasteiger partial charge >= 0.3 is 16.7 Å². The van der Waals surface area contributed by atoms with E-state index in [2.05, 4.69) is 14.7 Å². The summed E-state index contributed by atoms with van der Waals surface area (Å²) < 4.78 is 63.6. The highest BCUT2D eigenvalue weighted by Crippen LogP contribution is 2.37. The maximum Gasteiger partial charge on any atom is 0.418 e. The topological polar surface area (TPSA) is 105 Å². The number of aromatic amines is 1. The number of nitrogens with one attached hydrogen (secondary N) is 2. The largest absolute Gasteiger partial charge is 0.422 e. The second-order valence-electron chi connectivity index (χ2n) is 9.50. The summed E-state index contributed by atoms with van der Waals surface area (Å²) >= 11 is 7.09. The average Bonchev–Trinajstić information content (AvgIpc) is 3.34. The van der Waals surface area contributed by atoms with Crippen LogP contribution in [-0.2, 0) is 30.2 Å². The number of carbonyl (C=O) groups is 1. The normalized spacial score (nSPS) is 11.7. The molecule has 0 radical (unpaired) electrons. The molecule has 1 amide bonds. The van der Waals surface area contributed by atoms with Gasteiger partial charge in [-0.05, 0) is 54.3 Å². The van der Waals surface area contributed by atoms with Crippen molar-refractivity contribution in [3.05, 3.63) is 114 Å². The number of amides is 1. The van der Waals surface area contributed by atoms with Crippen molar-refractivity contribution in [2.75, 3.05) is 5.32 Å². The average molecular weight is 618 g/mol. The monoisotopic (exact) mass is 617 g/mol. The lowest BCUT2D eigenvalue weighted by Gasteiger charge is -2.16. The number of hydrogen-bond donors (Lipinski definition) is 2. The zero-order chi connectivity index (χ0) is 30.2. The zero-order valence-electron chi connectivity index (χ0n) is 21.7. The summed E-state index contributed by atoms with van der Waals surface area (Å²) in [5.74, 6) is -1.52. The van der Waals surface area contributed by atoms with Crippen LogP contribution in [0.25, 0.3) is 22.1 Å². The number of aryl methyl sites for hydroxylation is 3. The molecule has 0 aliphatic carbocycles. The fourth-order valence-corrected chi connectivity index (χ4v) is 5.23. The van der Waals surface area contributed by atoms with Gasteiger partial charge in [0.2, 0.25) is 5.91 Å². The van der Waals surface area contributed by atoms with E-state index in [0.29, 0.717) is 45.8 Å². The van der Waals surface area contributed by atoms with Crippen molar-refractivity contribution >= 4 is 45.7 Å².